The number of anilines is 3. The Bertz CT molecular complexity index is 1240. The van der Waals surface area contributed by atoms with E-state index in [4.69, 9.17) is 14.2 Å². The Kier molecular flexibility index (Phi) is 5.58. The zero-order valence-corrected chi connectivity index (χ0v) is 18.1. The summed E-state index contributed by atoms with van der Waals surface area (Å²) in [5.74, 6) is 1.59. The number of hydrogen-bond donors (Lipinski definition) is 3. The monoisotopic (exact) mass is 449 g/mol. The van der Waals surface area contributed by atoms with Gasteiger partial charge in [0.15, 0.2) is 11.5 Å². The van der Waals surface area contributed by atoms with E-state index in [2.05, 4.69) is 31.7 Å². The molecule has 0 aliphatic carbocycles. The van der Waals surface area contributed by atoms with Gasteiger partial charge >= 0.3 is 0 Å². The molecule has 4 heterocycles. The van der Waals surface area contributed by atoms with E-state index in [1.54, 1.807) is 23.2 Å². The Morgan fingerprint density at radius 2 is 1.97 bits per heavy atom. The van der Waals surface area contributed by atoms with Crippen molar-refractivity contribution < 1.29 is 19.0 Å². The molecule has 1 saturated heterocycles. The molecule has 3 aromatic rings. The highest BCUT2D eigenvalue weighted by Gasteiger charge is 2.28. The van der Waals surface area contributed by atoms with Crippen LogP contribution in [-0.2, 0) is 4.74 Å². The molecule has 3 N–H and O–H groups in total. The number of benzene rings is 1. The van der Waals surface area contributed by atoms with Gasteiger partial charge in [-0.3, -0.25) is 4.79 Å². The Labute approximate surface area is 189 Å². The highest BCUT2D eigenvalue weighted by atomic mass is 16.6. The van der Waals surface area contributed by atoms with E-state index in [1.807, 2.05) is 6.92 Å². The molecule has 2 aliphatic heterocycles. The maximum atomic E-state index is 13.1. The van der Waals surface area contributed by atoms with Crippen LogP contribution in [0.15, 0.2) is 18.3 Å². The van der Waals surface area contributed by atoms with Crippen LogP contribution in [0.3, 0.4) is 0 Å². The van der Waals surface area contributed by atoms with Gasteiger partial charge in [-0.15, -0.1) is 0 Å². The standard InChI is InChI=1S/C22H23N7O4/c1-2-24-19-16-13(11-23)12-25-20(16)28-22(27-19)26-15-4-3-14(17-18(15)33-10-9-32-17)21(30)29-5-7-31-8-6-29/h3-4,12H,2,5-10H2,1H3,(H3,24,25,26,27,28). The predicted molar refractivity (Wildman–Crippen MR) is 120 cm³/mol. The summed E-state index contributed by atoms with van der Waals surface area (Å²) in [6.07, 6.45) is 1.61. The van der Waals surface area contributed by atoms with Gasteiger partial charge in [0.05, 0.1) is 35.4 Å². The fraction of sp³-hybridized carbons (Fsp3) is 0.364. The molecule has 0 saturated carbocycles. The zero-order valence-electron chi connectivity index (χ0n) is 18.1. The van der Waals surface area contributed by atoms with Crippen molar-refractivity contribution in [1.29, 1.82) is 5.26 Å². The van der Waals surface area contributed by atoms with Gasteiger partial charge in [0, 0.05) is 25.8 Å². The molecule has 5 rings (SSSR count). The molecule has 170 valence electrons. The van der Waals surface area contributed by atoms with Crippen LogP contribution in [0.4, 0.5) is 17.5 Å². The summed E-state index contributed by atoms with van der Waals surface area (Å²) in [6.45, 7) is 5.41. The number of rotatable bonds is 5. The molecule has 0 atom stereocenters. The minimum absolute atomic E-state index is 0.117. The average Bonchev–Trinajstić information content (AvgIpc) is 3.28. The van der Waals surface area contributed by atoms with Crippen molar-refractivity contribution in [3.05, 3.63) is 29.5 Å². The molecule has 11 heteroatoms. The number of fused-ring (bicyclic) bond motifs is 2. The lowest BCUT2D eigenvalue weighted by atomic mass is 10.1. The van der Waals surface area contributed by atoms with Crippen LogP contribution in [0.25, 0.3) is 11.0 Å². The molecule has 1 amide bonds. The van der Waals surface area contributed by atoms with E-state index in [1.165, 1.54) is 0 Å². The lowest BCUT2D eigenvalue weighted by molar-refractivity contribution is 0.0298. The van der Waals surface area contributed by atoms with E-state index in [9.17, 15) is 10.1 Å². The van der Waals surface area contributed by atoms with Crippen LogP contribution in [0.5, 0.6) is 11.5 Å². The number of morpholine rings is 1. The van der Waals surface area contributed by atoms with Crippen LogP contribution >= 0.6 is 0 Å². The Hall–Kier alpha value is -4.04. The molecule has 1 aromatic carbocycles. The Morgan fingerprint density at radius 3 is 2.73 bits per heavy atom. The highest BCUT2D eigenvalue weighted by molar-refractivity contribution is 5.99. The third-order valence-electron chi connectivity index (χ3n) is 5.46. The fourth-order valence-electron chi connectivity index (χ4n) is 3.93. The third kappa shape index (κ3) is 3.85. The van der Waals surface area contributed by atoms with Crippen LogP contribution < -0.4 is 20.1 Å². The van der Waals surface area contributed by atoms with Gasteiger partial charge in [-0.2, -0.15) is 15.2 Å². The maximum Gasteiger partial charge on any atom is 0.257 e. The van der Waals surface area contributed by atoms with Crippen LogP contribution in [0.1, 0.15) is 22.8 Å². The van der Waals surface area contributed by atoms with Crippen LogP contribution in [-0.4, -0.2) is 71.8 Å². The smallest absolute Gasteiger partial charge is 0.257 e. The molecule has 11 nitrogen and oxygen atoms in total. The normalized spacial score (nSPS) is 15.2. The van der Waals surface area contributed by atoms with Gasteiger partial charge in [0.2, 0.25) is 5.95 Å². The van der Waals surface area contributed by atoms with E-state index in [0.717, 1.165) is 0 Å². The van der Waals surface area contributed by atoms with Crippen molar-refractivity contribution in [2.45, 2.75) is 6.92 Å². The maximum absolute atomic E-state index is 13.1. The van der Waals surface area contributed by atoms with E-state index < -0.39 is 0 Å². The number of aromatic amines is 1. The molecule has 0 radical (unpaired) electrons. The van der Waals surface area contributed by atoms with Crippen molar-refractivity contribution in [2.75, 3.05) is 56.7 Å². The summed E-state index contributed by atoms with van der Waals surface area (Å²) in [5, 5.41) is 16.4. The van der Waals surface area contributed by atoms with Gasteiger partial charge < -0.3 is 34.7 Å². The topological polar surface area (TPSA) is 137 Å². The number of carbonyl (C=O) groups is 1. The number of nitrogens with one attached hydrogen (secondary N) is 3. The number of aromatic nitrogens is 3. The summed E-state index contributed by atoms with van der Waals surface area (Å²) in [7, 11) is 0. The summed E-state index contributed by atoms with van der Waals surface area (Å²) >= 11 is 0. The summed E-state index contributed by atoms with van der Waals surface area (Å²) in [5.41, 5.74) is 2.03. The number of nitrogens with zero attached hydrogens (tertiary/aromatic N) is 4. The third-order valence-corrected chi connectivity index (χ3v) is 5.46. The van der Waals surface area contributed by atoms with Gasteiger partial charge in [-0.05, 0) is 19.1 Å². The second kappa shape index (κ2) is 8.84. The van der Waals surface area contributed by atoms with E-state index in [-0.39, 0.29) is 5.91 Å². The lowest BCUT2D eigenvalue weighted by Crippen LogP contribution is -2.41. The molecule has 0 bridgehead atoms. The van der Waals surface area contributed by atoms with Crippen molar-refractivity contribution in [2.24, 2.45) is 0 Å². The Balaban J connectivity index is 1.51. The molecule has 33 heavy (non-hydrogen) atoms. The molecular formula is C22H23N7O4. The zero-order chi connectivity index (χ0) is 22.8. The number of H-pyrrole nitrogens is 1. The summed E-state index contributed by atoms with van der Waals surface area (Å²) in [6, 6.07) is 5.63. The largest absolute Gasteiger partial charge is 0.485 e. The molecule has 0 unspecified atom stereocenters. The van der Waals surface area contributed by atoms with Gasteiger partial charge in [0.1, 0.15) is 30.7 Å². The second-order valence-corrected chi connectivity index (χ2v) is 7.51. The van der Waals surface area contributed by atoms with Crippen LogP contribution in [0, 0.1) is 11.3 Å². The van der Waals surface area contributed by atoms with Crippen molar-refractivity contribution in [3.8, 4) is 17.6 Å². The minimum Gasteiger partial charge on any atom is -0.485 e. The quantitative estimate of drug-likeness (QED) is 0.535. The van der Waals surface area contributed by atoms with Gasteiger partial charge in [0.25, 0.3) is 5.91 Å². The average molecular weight is 449 g/mol. The molecule has 1 fully saturated rings. The first-order valence-electron chi connectivity index (χ1n) is 10.8. The summed E-state index contributed by atoms with van der Waals surface area (Å²) < 4.78 is 17.1. The molecular weight excluding hydrogens is 426 g/mol. The first kappa shape index (κ1) is 20.8. The molecule has 2 aromatic heterocycles. The summed E-state index contributed by atoms with van der Waals surface area (Å²) in [4.78, 5) is 26.9. The number of hydrogen-bond acceptors (Lipinski definition) is 9. The van der Waals surface area contributed by atoms with Crippen LogP contribution in [0.2, 0.25) is 0 Å². The van der Waals surface area contributed by atoms with Gasteiger partial charge in [-0.1, -0.05) is 0 Å². The first-order valence-corrected chi connectivity index (χ1v) is 10.8. The predicted octanol–water partition coefficient (Wildman–Crippen LogP) is 2.25. The van der Waals surface area contributed by atoms with Crippen molar-refractivity contribution in [1.82, 2.24) is 19.9 Å². The van der Waals surface area contributed by atoms with E-state index >= 15 is 0 Å². The lowest BCUT2D eigenvalue weighted by Gasteiger charge is -2.29. The minimum atomic E-state index is -0.117. The Morgan fingerprint density at radius 1 is 1.18 bits per heavy atom. The number of carbonyl (C=O) groups excluding carboxylic acids is 1. The SMILES string of the molecule is CCNc1nc(Nc2ccc(C(=O)N3CCOCC3)c3c2OCCO3)nc2[nH]cc(C#N)c12. The molecule has 0 spiro atoms. The highest BCUT2D eigenvalue weighted by Crippen LogP contribution is 2.42. The van der Waals surface area contributed by atoms with E-state index in [0.29, 0.717) is 97.2 Å². The number of ether oxygens (including phenoxy) is 3. The van der Waals surface area contributed by atoms with Crippen molar-refractivity contribution in [3.63, 3.8) is 0 Å². The number of amides is 1. The fourth-order valence-corrected chi connectivity index (χ4v) is 3.93. The van der Waals surface area contributed by atoms with Gasteiger partial charge in [-0.25, -0.2) is 0 Å². The molecule has 2 aliphatic rings. The first-order chi connectivity index (χ1) is 16.2. The van der Waals surface area contributed by atoms with Crippen molar-refractivity contribution >= 4 is 34.4 Å². The number of nitriles is 1. The second-order valence-electron chi connectivity index (χ2n) is 7.51.